The van der Waals surface area contributed by atoms with Crippen molar-refractivity contribution in [1.82, 2.24) is 62.8 Å². The van der Waals surface area contributed by atoms with E-state index < -0.39 is 169 Å². The lowest BCUT2D eigenvalue weighted by molar-refractivity contribution is -0.143. The number of benzene rings is 4. The summed E-state index contributed by atoms with van der Waals surface area (Å²) in [5, 5.41) is 84.5. The second-order valence-corrected chi connectivity index (χ2v) is 23.5. The zero-order valence-corrected chi connectivity index (χ0v) is 53.2. The van der Waals surface area contributed by atoms with Crippen LogP contribution >= 0.6 is 0 Å². The molecule has 97 heavy (non-hydrogen) atoms. The van der Waals surface area contributed by atoms with Gasteiger partial charge in [-0.05, 0) is 72.4 Å². The number of aromatic amines is 2. The van der Waals surface area contributed by atoms with E-state index in [2.05, 4.69) is 62.8 Å². The molecule has 0 saturated carbocycles. The van der Waals surface area contributed by atoms with Crippen molar-refractivity contribution in [3.05, 3.63) is 150 Å². The van der Waals surface area contributed by atoms with Gasteiger partial charge in [-0.25, -0.2) is 9.78 Å². The number of aliphatic carboxylic acids is 2. The van der Waals surface area contributed by atoms with Crippen LogP contribution in [0.2, 0.25) is 0 Å². The van der Waals surface area contributed by atoms with Crippen molar-refractivity contribution in [3.63, 3.8) is 0 Å². The third-order valence-corrected chi connectivity index (χ3v) is 15.5. The average molecular weight is 1350 g/mol. The Hall–Kier alpha value is -11.2. The molecule has 0 spiro atoms. The van der Waals surface area contributed by atoms with Crippen LogP contribution in [-0.4, -0.2) is 189 Å². The number of imidazole rings is 1. The molecule has 32 heteroatoms. The molecule has 0 aliphatic rings. The molecule has 6 rings (SSSR count). The van der Waals surface area contributed by atoms with Crippen LogP contribution in [0.15, 0.2) is 122 Å². The minimum absolute atomic E-state index is 0.123. The summed E-state index contributed by atoms with van der Waals surface area (Å²) >= 11 is 0. The van der Waals surface area contributed by atoms with Gasteiger partial charge in [0.1, 0.15) is 65.9 Å². The van der Waals surface area contributed by atoms with E-state index in [0.29, 0.717) is 33.3 Å². The molecule has 32 nitrogen and oxygen atoms in total. The van der Waals surface area contributed by atoms with Crippen molar-refractivity contribution in [2.75, 3.05) is 0 Å². The van der Waals surface area contributed by atoms with Crippen molar-refractivity contribution >= 4 is 81.9 Å². The van der Waals surface area contributed by atoms with Gasteiger partial charge in [0.05, 0.1) is 37.4 Å². The first kappa shape index (κ1) is 74.8. The summed E-state index contributed by atoms with van der Waals surface area (Å²) in [6, 6.07) is 8.48. The number of para-hydroxylation sites is 1. The number of nitrogens with one attached hydrogen (secondary N) is 11. The second-order valence-electron chi connectivity index (χ2n) is 23.5. The number of fused-ring (bicyclic) bond motifs is 1. The van der Waals surface area contributed by atoms with Crippen LogP contribution < -0.4 is 59.3 Å². The number of nitrogens with two attached hydrogens (primary N) is 2. The first-order chi connectivity index (χ1) is 46.0. The number of aliphatic hydroxyl groups is 2. The summed E-state index contributed by atoms with van der Waals surface area (Å²) in [7, 11) is 0. The van der Waals surface area contributed by atoms with Gasteiger partial charge in [0, 0.05) is 61.1 Å². The number of aromatic nitrogens is 3. The van der Waals surface area contributed by atoms with E-state index in [0.717, 1.165) is 13.8 Å². The first-order valence-electron chi connectivity index (χ1n) is 30.7. The lowest BCUT2D eigenvalue weighted by Gasteiger charge is -2.29. The van der Waals surface area contributed by atoms with Crippen LogP contribution in [0, 0.1) is 5.92 Å². The fourth-order valence-electron chi connectivity index (χ4n) is 10.1. The lowest BCUT2D eigenvalue weighted by Crippen LogP contribution is -2.63. The number of phenolic OH excluding ortho intramolecular Hbond substituents is 2. The number of H-pyrrole nitrogens is 2. The zero-order chi connectivity index (χ0) is 71.2. The summed E-state index contributed by atoms with van der Waals surface area (Å²) < 4.78 is 0. The molecule has 10 amide bonds. The third-order valence-electron chi connectivity index (χ3n) is 15.5. The highest BCUT2D eigenvalue weighted by molar-refractivity contribution is 6.00. The number of aliphatic hydroxyl groups excluding tert-OH is 2. The molecule has 0 aliphatic carbocycles. The van der Waals surface area contributed by atoms with Crippen LogP contribution in [0.25, 0.3) is 10.9 Å². The number of carboxylic acid groups (broad SMARTS) is 2. The smallest absolute Gasteiger partial charge is 0.326 e. The monoisotopic (exact) mass is 1340 g/mol. The molecule has 2 heterocycles. The number of amides is 10. The molecular formula is C65H80N14O18. The molecule has 4 aromatic carbocycles. The molecule has 0 fully saturated rings. The highest BCUT2D eigenvalue weighted by Crippen LogP contribution is 2.21. The Bertz CT molecular complexity index is 3740. The summed E-state index contributed by atoms with van der Waals surface area (Å²) in [6.07, 6.45) is -2.92. The van der Waals surface area contributed by atoms with Crippen LogP contribution in [0.3, 0.4) is 0 Å². The summed E-state index contributed by atoms with van der Waals surface area (Å²) in [5.41, 5.74) is 13.9. The number of carboxylic acids is 2. The van der Waals surface area contributed by atoms with Crippen molar-refractivity contribution in [2.24, 2.45) is 17.4 Å². The summed E-state index contributed by atoms with van der Waals surface area (Å²) in [5.74, 6) is -14.9. The second kappa shape index (κ2) is 35.3. The number of hydrogen-bond acceptors (Lipinski definition) is 18. The van der Waals surface area contributed by atoms with E-state index in [-0.39, 0.29) is 42.7 Å². The first-order valence-corrected chi connectivity index (χ1v) is 30.7. The molecule has 0 bridgehead atoms. The fourth-order valence-corrected chi connectivity index (χ4v) is 10.1. The predicted octanol–water partition coefficient (Wildman–Crippen LogP) is -2.64. The Morgan fingerprint density at radius 2 is 0.856 bits per heavy atom. The number of aromatic hydroxyl groups is 2. The minimum Gasteiger partial charge on any atom is -0.508 e. The van der Waals surface area contributed by atoms with Crippen LogP contribution in [0.5, 0.6) is 11.5 Å². The Kier molecular flexibility index (Phi) is 27.2. The Labute approximate surface area is 554 Å². The number of carbonyl (C=O) groups is 12. The van der Waals surface area contributed by atoms with Gasteiger partial charge in [-0.15, -0.1) is 0 Å². The SMILES string of the molecule is CC(C)[C@H](N)C(=O)N[C@@H](CC(N)=O)C(=O)N[C@@H](Cc1cnc[nH]1)C(=O)N[C@@H](Cc1c[nH]c2ccccc12)C(=O)N[C@H](C(=O)N[C@@H](Cc1ccc(O)cc1)C(=O)N[C@H](C(=O)N[C@@H](Cc1ccccc1)C(=O)N[C@@H](CC(=O)O)C(=O)N[C@@H](Cc1ccc(O)cc1)C(=O)O)[C@@H](C)O)[C@@H](C)O. The van der Waals surface area contributed by atoms with E-state index in [1.807, 2.05) is 0 Å². The lowest BCUT2D eigenvalue weighted by atomic mass is 10.0. The van der Waals surface area contributed by atoms with Gasteiger partial charge in [-0.2, -0.15) is 0 Å². The Balaban J connectivity index is 1.26. The van der Waals surface area contributed by atoms with E-state index in [4.69, 9.17) is 11.5 Å². The fraction of sp³-hybridized carbons (Fsp3) is 0.369. The van der Waals surface area contributed by atoms with Crippen LogP contribution in [0.1, 0.15) is 68.5 Å². The summed E-state index contributed by atoms with van der Waals surface area (Å²) in [4.78, 5) is 175. The zero-order valence-electron chi connectivity index (χ0n) is 53.2. The highest BCUT2D eigenvalue weighted by atomic mass is 16.4. The highest BCUT2D eigenvalue weighted by Gasteiger charge is 2.39. The van der Waals surface area contributed by atoms with Crippen molar-refractivity contribution in [1.29, 1.82) is 0 Å². The molecule has 21 N–H and O–H groups in total. The van der Waals surface area contributed by atoms with E-state index in [9.17, 15) is 88.2 Å². The van der Waals surface area contributed by atoms with E-state index in [1.54, 1.807) is 74.6 Å². The largest absolute Gasteiger partial charge is 0.508 e. The van der Waals surface area contributed by atoms with Crippen LogP contribution in [-0.2, 0) is 89.6 Å². The standard InChI is InChI=1S/C65H80N14O18/c1-32(2)53(67)62(93)74-48(27-51(66)84)58(89)72-47(26-39-30-68-31-70-39)57(88)71-46(25-38-29-69-43-13-9-8-12-42(38)43)61(92)79-55(34(4)81)64(95)76-45(23-36-14-18-40(82)19-15-36)60(91)78-54(33(3)80)63(94)75-44(22-35-10-6-5-7-11-35)56(87)73-49(28-52(85)86)59(90)77-50(65(96)97)24-37-16-20-41(83)21-17-37/h5-21,29-34,44-50,53-55,69,80-83H,22-28,67H2,1-4H3,(H2,66,84)(H,68,70)(H,71,88)(H,72,89)(H,73,87)(H,74,93)(H,75,94)(H,76,95)(H,77,90)(H,78,91)(H,79,92)(H,85,86)(H,96,97)/t33-,34-,44+,45+,46+,47+,48+,49+,50+,53+,54+,55+/m1/s1. The summed E-state index contributed by atoms with van der Waals surface area (Å²) in [6.45, 7) is 5.52. The molecule has 0 unspecified atom stereocenters. The normalized spacial score (nSPS) is 14.9. The number of nitrogens with zero attached hydrogens (tertiary/aromatic N) is 1. The predicted molar refractivity (Wildman–Crippen MR) is 345 cm³/mol. The van der Waals surface area contributed by atoms with E-state index in [1.165, 1.54) is 61.1 Å². The maximum Gasteiger partial charge on any atom is 0.326 e. The molecule has 0 aliphatic heterocycles. The van der Waals surface area contributed by atoms with Crippen molar-refractivity contribution < 1.29 is 88.2 Å². The maximum absolute atomic E-state index is 14.8. The van der Waals surface area contributed by atoms with Crippen LogP contribution in [0.4, 0.5) is 0 Å². The molecular weight excluding hydrogens is 1260 g/mol. The van der Waals surface area contributed by atoms with Gasteiger partial charge < -0.3 is 99.9 Å². The molecule has 2 aromatic heterocycles. The van der Waals surface area contributed by atoms with Gasteiger partial charge in [0.15, 0.2) is 0 Å². The number of phenols is 2. The third kappa shape index (κ3) is 22.7. The van der Waals surface area contributed by atoms with E-state index >= 15 is 0 Å². The van der Waals surface area contributed by atoms with Gasteiger partial charge in [0.2, 0.25) is 59.1 Å². The molecule has 6 aromatic rings. The average Bonchev–Trinajstić information content (AvgIpc) is 1.75. The van der Waals surface area contributed by atoms with Gasteiger partial charge >= 0.3 is 11.9 Å². The van der Waals surface area contributed by atoms with Gasteiger partial charge in [-0.3, -0.25) is 52.7 Å². The van der Waals surface area contributed by atoms with Gasteiger partial charge in [-0.1, -0.05) is 86.6 Å². The number of primary amides is 1. The molecule has 0 saturated heterocycles. The molecule has 518 valence electrons. The quantitative estimate of drug-likeness (QED) is 0.0191. The number of rotatable bonds is 36. The maximum atomic E-state index is 14.8. The number of hydrogen-bond donors (Lipinski definition) is 19. The molecule has 0 radical (unpaired) electrons. The molecule has 12 atom stereocenters. The van der Waals surface area contributed by atoms with Crippen molar-refractivity contribution in [3.8, 4) is 11.5 Å². The van der Waals surface area contributed by atoms with Gasteiger partial charge in [0.25, 0.3) is 0 Å². The topological polar surface area (TPSA) is 531 Å². The minimum atomic E-state index is -1.98. The Morgan fingerprint density at radius 1 is 0.454 bits per heavy atom. The van der Waals surface area contributed by atoms with Crippen molar-refractivity contribution in [2.45, 2.75) is 145 Å². The number of carbonyl (C=O) groups excluding carboxylic acids is 10. The Morgan fingerprint density at radius 3 is 1.32 bits per heavy atom.